The summed E-state index contributed by atoms with van der Waals surface area (Å²) >= 11 is 0. The zero-order valence-electron chi connectivity index (χ0n) is 17.0. The Hall–Kier alpha value is -2.18. The maximum absolute atomic E-state index is 14.5. The van der Waals surface area contributed by atoms with Gasteiger partial charge in [-0.05, 0) is 43.5 Å². The van der Waals surface area contributed by atoms with Crippen molar-refractivity contribution in [3.63, 3.8) is 0 Å². The van der Waals surface area contributed by atoms with E-state index in [1.54, 1.807) is 12.1 Å². The van der Waals surface area contributed by atoms with Gasteiger partial charge >= 0.3 is 0 Å². The van der Waals surface area contributed by atoms with Crippen molar-refractivity contribution in [2.24, 2.45) is 0 Å². The van der Waals surface area contributed by atoms with Crippen LogP contribution in [0.5, 0.6) is 0 Å². The Morgan fingerprint density at radius 3 is 2.62 bits per heavy atom. The molecule has 1 aromatic heterocycles. The number of ether oxygens (including phenoxy) is 1. The molecule has 29 heavy (non-hydrogen) atoms. The summed E-state index contributed by atoms with van der Waals surface area (Å²) < 4.78 is 25.7. The molecule has 2 aromatic rings. The van der Waals surface area contributed by atoms with Crippen LogP contribution in [-0.2, 0) is 10.2 Å². The molecule has 6 heteroatoms. The molecule has 1 saturated heterocycles. The summed E-state index contributed by atoms with van der Waals surface area (Å²) in [6.45, 7) is 5.65. The average molecular weight is 400 g/mol. The van der Waals surface area contributed by atoms with Gasteiger partial charge in [0.25, 0.3) is 5.91 Å². The zero-order valence-corrected chi connectivity index (χ0v) is 17.0. The molecule has 0 spiro atoms. The van der Waals surface area contributed by atoms with Gasteiger partial charge in [-0.25, -0.2) is 4.39 Å². The van der Waals surface area contributed by atoms with Crippen molar-refractivity contribution in [2.45, 2.75) is 44.1 Å². The molecule has 1 atom stereocenters. The lowest BCUT2D eigenvalue weighted by molar-refractivity contribution is 0.0155. The maximum atomic E-state index is 14.5. The molecule has 1 aliphatic carbocycles. The van der Waals surface area contributed by atoms with Gasteiger partial charge in [0.2, 0.25) is 0 Å². The summed E-state index contributed by atoms with van der Waals surface area (Å²) in [7, 11) is 0. The lowest BCUT2D eigenvalue weighted by Gasteiger charge is -2.31. The second-order valence-electron chi connectivity index (χ2n) is 8.18. The summed E-state index contributed by atoms with van der Waals surface area (Å²) in [4.78, 5) is 15.0. The Balaban J connectivity index is 1.43. The van der Waals surface area contributed by atoms with Gasteiger partial charge in [0.1, 0.15) is 11.6 Å². The number of morpholine rings is 1. The van der Waals surface area contributed by atoms with Gasteiger partial charge in [-0.15, -0.1) is 0 Å². The van der Waals surface area contributed by atoms with Crippen LogP contribution >= 0.6 is 0 Å². The molecular weight excluding hydrogens is 371 g/mol. The largest absolute Gasteiger partial charge is 0.454 e. The van der Waals surface area contributed by atoms with Gasteiger partial charge in [-0.3, -0.25) is 9.69 Å². The third-order valence-corrected chi connectivity index (χ3v) is 6.45. The SMILES string of the molecule is CC(c1ccc(C(=O)NCC2(c3ccccc3F)CCCC2)o1)N1CCOCC1. The number of hydrogen-bond donors (Lipinski definition) is 1. The second kappa shape index (κ2) is 8.67. The smallest absolute Gasteiger partial charge is 0.287 e. The molecule has 1 amide bonds. The molecule has 1 N–H and O–H groups in total. The molecule has 0 bridgehead atoms. The zero-order chi connectivity index (χ0) is 20.3. The molecule has 4 rings (SSSR count). The molecule has 0 radical (unpaired) electrons. The molecule has 156 valence electrons. The number of amides is 1. The van der Waals surface area contributed by atoms with Crippen LogP contribution in [0.15, 0.2) is 40.8 Å². The van der Waals surface area contributed by atoms with Crippen LogP contribution in [0, 0.1) is 5.82 Å². The number of nitrogens with one attached hydrogen (secondary N) is 1. The van der Waals surface area contributed by atoms with E-state index < -0.39 is 0 Å². The summed E-state index contributed by atoms with van der Waals surface area (Å²) in [6.07, 6.45) is 3.86. The molecular formula is C23H29FN2O3. The van der Waals surface area contributed by atoms with E-state index >= 15 is 0 Å². The number of furan rings is 1. The summed E-state index contributed by atoms with van der Waals surface area (Å²) in [5.41, 5.74) is 0.371. The van der Waals surface area contributed by atoms with Gasteiger partial charge in [-0.1, -0.05) is 31.0 Å². The Bertz CT molecular complexity index is 838. The third kappa shape index (κ3) is 4.23. The van der Waals surface area contributed by atoms with E-state index in [-0.39, 0.29) is 23.2 Å². The van der Waals surface area contributed by atoms with Crippen molar-refractivity contribution in [1.82, 2.24) is 10.2 Å². The normalized spacial score (nSPS) is 20.5. The van der Waals surface area contributed by atoms with E-state index in [1.165, 1.54) is 6.07 Å². The van der Waals surface area contributed by atoms with Gasteiger partial charge in [0, 0.05) is 25.0 Å². The molecule has 2 fully saturated rings. The highest BCUT2D eigenvalue weighted by atomic mass is 19.1. The van der Waals surface area contributed by atoms with Gasteiger partial charge in [0.15, 0.2) is 5.76 Å². The second-order valence-corrected chi connectivity index (χ2v) is 8.18. The van der Waals surface area contributed by atoms with E-state index in [2.05, 4.69) is 17.1 Å². The number of carbonyl (C=O) groups is 1. The minimum absolute atomic E-state index is 0.0973. The molecule has 2 heterocycles. The van der Waals surface area contributed by atoms with Crippen LogP contribution in [0.4, 0.5) is 4.39 Å². The lowest BCUT2D eigenvalue weighted by Crippen LogP contribution is -2.39. The highest BCUT2D eigenvalue weighted by molar-refractivity contribution is 5.91. The van der Waals surface area contributed by atoms with E-state index in [1.807, 2.05) is 18.2 Å². The average Bonchev–Trinajstić information content (AvgIpc) is 3.43. The van der Waals surface area contributed by atoms with E-state index in [0.29, 0.717) is 17.9 Å². The van der Waals surface area contributed by atoms with Crippen molar-refractivity contribution < 1.29 is 18.3 Å². The fourth-order valence-electron chi connectivity index (χ4n) is 4.67. The topological polar surface area (TPSA) is 54.7 Å². The highest BCUT2D eigenvalue weighted by Crippen LogP contribution is 2.41. The molecule has 1 aromatic carbocycles. The number of nitrogens with zero attached hydrogens (tertiary/aromatic N) is 1. The highest BCUT2D eigenvalue weighted by Gasteiger charge is 2.38. The van der Waals surface area contributed by atoms with Crippen molar-refractivity contribution >= 4 is 5.91 Å². The number of halogens is 1. The first kappa shape index (κ1) is 20.1. The Labute approximate surface area is 171 Å². The Morgan fingerprint density at radius 2 is 1.90 bits per heavy atom. The van der Waals surface area contributed by atoms with Gasteiger partial charge < -0.3 is 14.5 Å². The first-order chi connectivity index (χ1) is 14.1. The van der Waals surface area contributed by atoms with Crippen molar-refractivity contribution in [2.75, 3.05) is 32.8 Å². The third-order valence-electron chi connectivity index (χ3n) is 6.45. The minimum Gasteiger partial charge on any atom is -0.454 e. The van der Waals surface area contributed by atoms with E-state index in [4.69, 9.17) is 9.15 Å². The lowest BCUT2D eigenvalue weighted by atomic mass is 9.78. The van der Waals surface area contributed by atoms with Crippen LogP contribution in [-0.4, -0.2) is 43.7 Å². The van der Waals surface area contributed by atoms with Crippen LogP contribution in [0.25, 0.3) is 0 Å². The first-order valence-corrected chi connectivity index (χ1v) is 10.5. The number of rotatable bonds is 6. The minimum atomic E-state index is -0.336. The Morgan fingerprint density at radius 1 is 1.17 bits per heavy atom. The van der Waals surface area contributed by atoms with Gasteiger partial charge in [0.05, 0.1) is 19.3 Å². The quantitative estimate of drug-likeness (QED) is 0.795. The van der Waals surface area contributed by atoms with Crippen LogP contribution < -0.4 is 5.32 Å². The fourth-order valence-corrected chi connectivity index (χ4v) is 4.67. The fraction of sp³-hybridized carbons (Fsp3) is 0.522. The Kier molecular flexibility index (Phi) is 6.01. The standard InChI is InChI=1S/C23H29FN2O3/c1-17(26-12-14-28-15-13-26)20-8-9-21(29-20)22(27)25-16-23(10-4-5-11-23)18-6-2-3-7-19(18)24/h2-3,6-9,17H,4-5,10-16H2,1H3,(H,25,27). The first-order valence-electron chi connectivity index (χ1n) is 10.5. The van der Waals surface area contributed by atoms with Crippen molar-refractivity contribution in [3.05, 3.63) is 59.3 Å². The molecule has 1 saturated carbocycles. The van der Waals surface area contributed by atoms with Crippen molar-refractivity contribution in [3.8, 4) is 0 Å². The summed E-state index contributed by atoms with van der Waals surface area (Å²) in [5, 5.41) is 3.01. The monoisotopic (exact) mass is 400 g/mol. The molecule has 2 aliphatic rings. The van der Waals surface area contributed by atoms with E-state index in [9.17, 15) is 9.18 Å². The summed E-state index contributed by atoms with van der Waals surface area (Å²) in [6, 6.07) is 10.6. The predicted octanol–water partition coefficient (Wildman–Crippen LogP) is 4.05. The number of hydrogen-bond acceptors (Lipinski definition) is 4. The maximum Gasteiger partial charge on any atom is 0.287 e. The van der Waals surface area contributed by atoms with Crippen molar-refractivity contribution in [1.29, 1.82) is 0 Å². The van der Waals surface area contributed by atoms with Crippen LogP contribution in [0.2, 0.25) is 0 Å². The van der Waals surface area contributed by atoms with Crippen LogP contribution in [0.1, 0.15) is 60.5 Å². The predicted molar refractivity (Wildman–Crippen MR) is 108 cm³/mol. The van der Waals surface area contributed by atoms with Gasteiger partial charge in [-0.2, -0.15) is 0 Å². The molecule has 1 aliphatic heterocycles. The summed E-state index contributed by atoms with van der Waals surface area (Å²) in [5.74, 6) is 0.653. The van der Waals surface area contributed by atoms with Crippen LogP contribution in [0.3, 0.4) is 0 Å². The molecule has 1 unspecified atom stereocenters. The number of carbonyl (C=O) groups excluding carboxylic acids is 1. The molecule has 5 nitrogen and oxygen atoms in total. The van der Waals surface area contributed by atoms with E-state index in [0.717, 1.165) is 57.7 Å². The number of benzene rings is 1.